The van der Waals surface area contributed by atoms with Gasteiger partial charge in [0.15, 0.2) is 0 Å². The maximum absolute atomic E-state index is 14.0. The van der Waals surface area contributed by atoms with Crippen LogP contribution in [0.2, 0.25) is 0 Å². The monoisotopic (exact) mass is 430 g/mol. The molecule has 0 saturated heterocycles. The van der Waals surface area contributed by atoms with Gasteiger partial charge in [0.05, 0.1) is 0 Å². The molecule has 1 aromatic carbocycles. The Bertz CT molecular complexity index is 670. The highest BCUT2D eigenvalue weighted by Crippen LogP contribution is 2.43. The second-order valence-electron chi connectivity index (χ2n) is 10.2. The van der Waals surface area contributed by atoms with Crippen LogP contribution in [0.5, 0.6) is 5.75 Å². The number of halogens is 1. The van der Waals surface area contributed by atoms with E-state index in [0.717, 1.165) is 30.6 Å². The Balaban J connectivity index is 1.33. The van der Waals surface area contributed by atoms with Crippen LogP contribution >= 0.6 is 0 Å². The average molecular weight is 431 g/mol. The molecule has 2 saturated carbocycles. The van der Waals surface area contributed by atoms with E-state index in [1.54, 1.807) is 12.1 Å². The molecule has 0 spiro atoms. The Labute approximate surface area is 189 Å². The number of hydrogen-bond donors (Lipinski definition) is 0. The standard InChI is InChI=1S/C28H43FO2/c1-3-5-7-21-8-13-23(14-9-21)24-15-10-22(11-16-24)12-19-28(30)31-26-18-17-25(6-4-2)27(29)20-26/h17-18,20-24H,3-16,19H2,1-2H3. The minimum absolute atomic E-state index is 0.227. The van der Waals surface area contributed by atoms with Crippen molar-refractivity contribution >= 4 is 5.97 Å². The topological polar surface area (TPSA) is 26.3 Å². The lowest BCUT2D eigenvalue weighted by Gasteiger charge is -2.38. The van der Waals surface area contributed by atoms with Crippen molar-refractivity contribution in [3.05, 3.63) is 29.6 Å². The number of ether oxygens (including phenoxy) is 1. The van der Waals surface area contributed by atoms with Gasteiger partial charge in [-0.3, -0.25) is 4.79 Å². The quantitative estimate of drug-likeness (QED) is 0.276. The van der Waals surface area contributed by atoms with Gasteiger partial charge in [0.2, 0.25) is 0 Å². The molecule has 2 nitrogen and oxygen atoms in total. The molecule has 0 heterocycles. The van der Waals surface area contributed by atoms with Gasteiger partial charge in [0.1, 0.15) is 11.6 Å². The van der Waals surface area contributed by atoms with E-state index >= 15 is 0 Å². The largest absolute Gasteiger partial charge is 0.426 e. The van der Waals surface area contributed by atoms with E-state index in [4.69, 9.17) is 4.74 Å². The van der Waals surface area contributed by atoms with Crippen molar-refractivity contribution in [1.29, 1.82) is 0 Å². The summed E-state index contributed by atoms with van der Waals surface area (Å²) in [5.74, 6) is 3.35. The number of esters is 1. The molecule has 2 aliphatic rings. The lowest BCUT2D eigenvalue weighted by atomic mass is 9.68. The minimum Gasteiger partial charge on any atom is -0.426 e. The number of carbonyl (C=O) groups is 1. The maximum atomic E-state index is 14.0. The van der Waals surface area contributed by atoms with Crippen molar-refractivity contribution in [2.75, 3.05) is 0 Å². The van der Waals surface area contributed by atoms with Gasteiger partial charge >= 0.3 is 5.97 Å². The molecule has 1 aromatic rings. The molecule has 0 amide bonds. The molecular weight excluding hydrogens is 387 g/mol. The summed E-state index contributed by atoms with van der Waals surface area (Å²) in [4.78, 5) is 12.2. The molecule has 0 bridgehead atoms. The molecule has 2 aliphatic carbocycles. The van der Waals surface area contributed by atoms with Crippen molar-refractivity contribution in [2.24, 2.45) is 23.7 Å². The van der Waals surface area contributed by atoms with Crippen LogP contribution in [-0.2, 0) is 11.2 Å². The first-order valence-corrected chi connectivity index (χ1v) is 13.1. The highest BCUT2D eigenvalue weighted by atomic mass is 19.1. The van der Waals surface area contributed by atoms with Gasteiger partial charge in [-0.25, -0.2) is 4.39 Å². The predicted octanol–water partition coefficient (Wildman–Crippen LogP) is 8.27. The highest BCUT2D eigenvalue weighted by Gasteiger charge is 2.30. The second kappa shape index (κ2) is 12.6. The van der Waals surface area contributed by atoms with Crippen LogP contribution < -0.4 is 4.74 Å². The molecule has 0 unspecified atom stereocenters. The summed E-state index contributed by atoms with van der Waals surface area (Å²) in [6, 6.07) is 4.80. The van der Waals surface area contributed by atoms with Gasteiger partial charge < -0.3 is 4.74 Å². The van der Waals surface area contributed by atoms with Crippen LogP contribution in [0, 0.1) is 29.5 Å². The zero-order valence-corrected chi connectivity index (χ0v) is 19.8. The molecule has 0 radical (unpaired) electrons. The van der Waals surface area contributed by atoms with Gasteiger partial charge in [-0.1, -0.05) is 71.3 Å². The summed E-state index contributed by atoms with van der Waals surface area (Å²) in [6.07, 6.45) is 18.1. The fourth-order valence-electron chi connectivity index (χ4n) is 5.96. The van der Waals surface area contributed by atoms with E-state index in [1.807, 2.05) is 6.92 Å². The lowest BCUT2D eigenvalue weighted by molar-refractivity contribution is -0.134. The second-order valence-corrected chi connectivity index (χ2v) is 10.2. The van der Waals surface area contributed by atoms with Crippen LogP contribution in [0.15, 0.2) is 18.2 Å². The number of aryl methyl sites for hydroxylation is 1. The highest BCUT2D eigenvalue weighted by molar-refractivity contribution is 5.72. The smallest absolute Gasteiger partial charge is 0.311 e. The van der Waals surface area contributed by atoms with E-state index in [-0.39, 0.29) is 11.8 Å². The van der Waals surface area contributed by atoms with Crippen molar-refractivity contribution in [1.82, 2.24) is 0 Å². The van der Waals surface area contributed by atoms with Crippen molar-refractivity contribution in [3.8, 4) is 5.75 Å². The van der Waals surface area contributed by atoms with Crippen molar-refractivity contribution < 1.29 is 13.9 Å². The third kappa shape index (κ3) is 7.61. The molecule has 0 N–H and O–H groups in total. The molecule has 0 aliphatic heterocycles. The van der Waals surface area contributed by atoms with Crippen LogP contribution in [0.4, 0.5) is 4.39 Å². The minimum atomic E-state index is -0.273. The van der Waals surface area contributed by atoms with E-state index in [0.29, 0.717) is 30.1 Å². The van der Waals surface area contributed by atoms with Crippen LogP contribution in [0.25, 0.3) is 0 Å². The van der Waals surface area contributed by atoms with Gasteiger partial charge in [0.25, 0.3) is 0 Å². The van der Waals surface area contributed by atoms with Crippen LogP contribution in [0.1, 0.15) is 109 Å². The maximum Gasteiger partial charge on any atom is 0.311 e. The van der Waals surface area contributed by atoms with Gasteiger partial charge in [-0.15, -0.1) is 0 Å². The summed E-state index contributed by atoms with van der Waals surface area (Å²) in [5, 5.41) is 0. The SMILES string of the molecule is CCCCC1CCC(C2CCC(CCC(=O)Oc3ccc(CCC)c(F)c3)CC2)CC1. The van der Waals surface area contributed by atoms with E-state index in [9.17, 15) is 9.18 Å². The summed E-state index contributed by atoms with van der Waals surface area (Å²) < 4.78 is 19.4. The molecule has 174 valence electrons. The summed E-state index contributed by atoms with van der Waals surface area (Å²) in [6.45, 7) is 4.33. The number of rotatable bonds is 10. The number of carbonyl (C=O) groups excluding carboxylic acids is 1. The summed E-state index contributed by atoms with van der Waals surface area (Å²) in [5.41, 5.74) is 0.688. The first-order chi connectivity index (χ1) is 15.1. The molecule has 2 fully saturated rings. The molecule has 0 atom stereocenters. The fourth-order valence-corrected chi connectivity index (χ4v) is 5.96. The average Bonchev–Trinajstić information content (AvgIpc) is 2.79. The van der Waals surface area contributed by atoms with Crippen molar-refractivity contribution in [2.45, 2.75) is 110 Å². The Morgan fingerprint density at radius 1 is 0.903 bits per heavy atom. The lowest BCUT2D eigenvalue weighted by Crippen LogP contribution is -2.26. The Kier molecular flexibility index (Phi) is 9.87. The van der Waals surface area contributed by atoms with Crippen LogP contribution in [-0.4, -0.2) is 5.97 Å². The van der Waals surface area contributed by atoms with Gasteiger partial charge in [0, 0.05) is 12.5 Å². The Morgan fingerprint density at radius 2 is 1.52 bits per heavy atom. The third-order valence-electron chi connectivity index (χ3n) is 7.95. The molecule has 31 heavy (non-hydrogen) atoms. The van der Waals surface area contributed by atoms with Crippen molar-refractivity contribution in [3.63, 3.8) is 0 Å². The number of unbranched alkanes of at least 4 members (excludes halogenated alkanes) is 1. The Morgan fingerprint density at radius 3 is 2.06 bits per heavy atom. The summed E-state index contributed by atoms with van der Waals surface area (Å²) >= 11 is 0. The first kappa shape index (κ1) is 24.3. The number of benzene rings is 1. The van der Waals surface area contributed by atoms with E-state index < -0.39 is 0 Å². The predicted molar refractivity (Wildman–Crippen MR) is 126 cm³/mol. The van der Waals surface area contributed by atoms with E-state index in [1.165, 1.54) is 76.7 Å². The fraction of sp³-hybridized carbons (Fsp3) is 0.750. The molecular formula is C28H43FO2. The summed E-state index contributed by atoms with van der Waals surface area (Å²) in [7, 11) is 0. The third-order valence-corrected chi connectivity index (χ3v) is 7.95. The normalized spacial score (nSPS) is 26.5. The molecule has 3 heteroatoms. The van der Waals surface area contributed by atoms with Gasteiger partial charge in [-0.2, -0.15) is 0 Å². The van der Waals surface area contributed by atoms with Crippen LogP contribution in [0.3, 0.4) is 0 Å². The molecule has 3 rings (SSSR count). The van der Waals surface area contributed by atoms with Gasteiger partial charge in [-0.05, 0) is 73.8 Å². The first-order valence-electron chi connectivity index (χ1n) is 13.1. The number of hydrogen-bond acceptors (Lipinski definition) is 2. The Hall–Kier alpha value is -1.38. The zero-order valence-electron chi connectivity index (χ0n) is 19.8. The van der Waals surface area contributed by atoms with E-state index in [2.05, 4.69) is 6.92 Å². The molecule has 0 aromatic heterocycles. The zero-order chi connectivity index (χ0) is 22.1.